The van der Waals surface area contributed by atoms with Crippen molar-refractivity contribution < 1.29 is 9.90 Å². The van der Waals surface area contributed by atoms with Gasteiger partial charge in [-0.1, -0.05) is 24.1 Å². The molecule has 3 atom stereocenters. The first-order valence-electron chi connectivity index (χ1n) is 6.43. The number of aliphatic hydroxyl groups is 1. The van der Waals surface area contributed by atoms with E-state index in [1.54, 1.807) is 0 Å². The molecule has 0 aromatic heterocycles. The van der Waals surface area contributed by atoms with Crippen molar-refractivity contribution in [1.29, 1.82) is 0 Å². The molecule has 0 aromatic carbocycles. The molecule has 2 heteroatoms. The molecule has 1 saturated carbocycles. The summed E-state index contributed by atoms with van der Waals surface area (Å²) in [6.45, 7) is 8.02. The SMILES string of the molecule is CC1=CCC[C@@]2(C)[C@@H]1C(=O)C(=C(C)C)C[C@@H]2O. The van der Waals surface area contributed by atoms with E-state index in [0.717, 1.165) is 29.6 Å². The largest absolute Gasteiger partial charge is 0.392 e. The second-order valence-corrected chi connectivity index (χ2v) is 5.99. The fourth-order valence-corrected chi connectivity index (χ4v) is 3.41. The summed E-state index contributed by atoms with van der Waals surface area (Å²) < 4.78 is 0. The zero-order valence-electron chi connectivity index (χ0n) is 11.2. The van der Waals surface area contributed by atoms with Gasteiger partial charge in [-0.2, -0.15) is 0 Å². The number of hydrogen-bond donors (Lipinski definition) is 1. The van der Waals surface area contributed by atoms with Crippen molar-refractivity contribution in [3.8, 4) is 0 Å². The van der Waals surface area contributed by atoms with Gasteiger partial charge in [0.1, 0.15) is 0 Å². The second-order valence-electron chi connectivity index (χ2n) is 5.99. The molecule has 0 spiro atoms. The lowest BCUT2D eigenvalue weighted by molar-refractivity contribution is -0.130. The van der Waals surface area contributed by atoms with Crippen molar-refractivity contribution in [2.45, 2.75) is 53.1 Å². The predicted octanol–water partition coefficient (Wildman–Crippen LogP) is 3.02. The molecule has 0 saturated heterocycles. The smallest absolute Gasteiger partial charge is 0.166 e. The van der Waals surface area contributed by atoms with Crippen LogP contribution in [-0.2, 0) is 4.79 Å². The van der Waals surface area contributed by atoms with E-state index in [0.29, 0.717) is 6.42 Å². The summed E-state index contributed by atoms with van der Waals surface area (Å²) in [4.78, 5) is 12.6. The third kappa shape index (κ3) is 1.79. The van der Waals surface area contributed by atoms with E-state index in [1.807, 2.05) is 20.8 Å². The normalized spacial score (nSPS) is 37.6. The number of Topliss-reactive ketones (excluding diaryl/α,β-unsaturated/α-hetero) is 1. The van der Waals surface area contributed by atoms with Gasteiger partial charge in [0.05, 0.1) is 12.0 Å². The monoisotopic (exact) mass is 234 g/mol. The maximum absolute atomic E-state index is 12.6. The number of carbonyl (C=O) groups excluding carboxylic acids is 1. The topological polar surface area (TPSA) is 37.3 Å². The van der Waals surface area contributed by atoms with Crippen LogP contribution in [0.1, 0.15) is 47.0 Å². The molecule has 0 aliphatic heterocycles. The van der Waals surface area contributed by atoms with Gasteiger partial charge < -0.3 is 5.11 Å². The zero-order valence-corrected chi connectivity index (χ0v) is 11.2. The molecular formula is C15H22O2. The van der Waals surface area contributed by atoms with E-state index in [9.17, 15) is 9.90 Å². The van der Waals surface area contributed by atoms with Crippen LogP contribution in [0.25, 0.3) is 0 Å². The number of hydrogen-bond acceptors (Lipinski definition) is 2. The molecule has 2 nitrogen and oxygen atoms in total. The molecule has 17 heavy (non-hydrogen) atoms. The van der Waals surface area contributed by atoms with Crippen LogP contribution in [0.2, 0.25) is 0 Å². The van der Waals surface area contributed by atoms with E-state index in [-0.39, 0.29) is 17.1 Å². The molecule has 0 amide bonds. The van der Waals surface area contributed by atoms with Gasteiger partial charge in [-0.25, -0.2) is 0 Å². The van der Waals surface area contributed by atoms with Gasteiger partial charge in [0, 0.05) is 11.8 Å². The highest BCUT2D eigenvalue weighted by Crippen LogP contribution is 2.50. The Labute approximate surface area is 103 Å². The number of carbonyl (C=O) groups is 1. The maximum atomic E-state index is 12.6. The predicted molar refractivity (Wildman–Crippen MR) is 68.6 cm³/mol. The molecule has 2 aliphatic carbocycles. The second kappa shape index (κ2) is 4.09. The maximum Gasteiger partial charge on any atom is 0.166 e. The van der Waals surface area contributed by atoms with Crippen molar-refractivity contribution >= 4 is 5.78 Å². The quantitative estimate of drug-likeness (QED) is 0.517. The van der Waals surface area contributed by atoms with Crippen molar-refractivity contribution in [1.82, 2.24) is 0 Å². The molecular weight excluding hydrogens is 212 g/mol. The van der Waals surface area contributed by atoms with E-state index >= 15 is 0 Å². The summed E-state index contributed by atoms with van der Waals surface area (Å²) in [5.41, 5.74) is 2.78. The number of fused-ring (bicyclic) bond motifs is 1. The van der Waals surface area contributed by atoms with Crippen molar-refractivity contribution in [2.75, 3.05) is 0 Å². The van der Waals surface area contributed by atoms with Crippen LogP contribution in [0.4, 0.5) is 0 Å². The minimum Gasteiger partial charge on any atom is -0.392 e. The summed E-state index contributed by atoms with van der Waals surface area (Å²) >= 11 is 0. The number of allylic oxidation sites excluding steroid dienone is 3. The van der Waals surface area contributed by atoms with Crippen LogP contribution in [0, 0.1) is 11.3 Å². The van der Waals surface area contributed by atoms with Gasteiger partial charge in [-0.15, -0.1) is 0 Å². The minimum atomic E-state index is -0.390. The summed E-state index contributed by atoms with van der Waals surface area (Å²) in [7, 11) is 0. The summed E-state index contributed by atoms with van der Waals surface area (Å²) in [5.74, 6) is 0.135. The highest BCUT2D eigenvalue weighted by atomic mass is 16.3. The van der Waals surface area contributed by atoms with E-state index in [4.69, 9.17) is 0 Å². The van der Waals surface area contributed by atoms with Gasteiger partial charge in [-0.3, -0.25) is 4.79 Å². The Morgan fingerprint density at radius 1 is 1.47 bits per heavy atom. The number of rotatable bonds is 0. The van der Waals surface area contributed by atoms with Crippen molar-refractivity contribution in [3.63, 3.8) is 0 Å². The fraction of sp³-hybridized carbons (Fsp3) is 0.667. The molecule has 0 aromatic rings. The van der Waals surface area contributed by atoms with Crippen LogP contribution in [0.15, 0.2) is 22.8 Å². The molecule has 2 rings (SSSR count). The van der Waals surface area contributed by atoms with Crippen LogP contribution in [0.5, 0.6) is 0 Å². The minimum absolute atomic E-state index is 0.107. The molecule has 2 aliphatic rings. The number of ketones is 1. The zero-order chi connectivity index (χ0) is 12.8. The molecule has 0 unspecified atom stereocenters. The first-order valence-corrected chi connectivity index (χ1v) is 6.43. The lowest BCUT2D eigenvalue weighted by Crippen LogP contribution is -2.50. The first-order chi connectivity index (χ1) is 7.88. The Hall–Kier alpha value is -0.890. The molecule has 0 heterocycles. The average molecular weight is 234 g/mol. The summed E-state index contributed by atoms with van der Waals surface area (Å²) in [6, 6.07) is 0. The van der Waals surface area contributed by atoms with Gasteiger partial charge in [0.2, 0.25) is 0 Å². The molecule has 1 N–H and O–H groups in total. The average Bonchev–Trinajstić information content (AvgIpc) is 2.23. The molecule has 0 radical (unpaired) electrons. The van der Waals surface area contributed by atoms with Gasteiger partial charge in [0.25, 0.3) is 0 Å². The Morgan fingerprint density at radius 3 is 2.71 bits per heavy atom. The Morgan fingerprint density at radius 2 is 2.12 bits per heavy atom. The lowest BCUT2D eigenvalue weighted by Gasteiger charge is -2.48. The van der Waals surface area contributed by atoms with Crippen LogP contribution in [-0.4, -0.2) is 17.0 Å². The van der Waals surface area contributed by atoms with Gasteiger partial charge in [-0.05, 0) is 39.2 Å². The molecule has 0 bridgehead atoms. The number of aliphatic hydroxyl groups excluding tert-OH is 1. The van der Waals surface area contributed by atoms with E-state index < -0.39 is 6.10 Å². The van der Waals surface area contributed by atoms with Crippen LogP contribution in [0.3, 0.4) is 0 Å². The van der Waals surface area contributed by atoms with Gasteiger partial charge >= 0.3 is 0 Å². The Kier molecular flexibility index (Phi) is 3.03. The molecule has 1 fully saturated rings. The first kappa shape index (κ1) is 12.6. The fourth-order valence-electron chi connectivity index (χ4n) is 3.41. The Bertz CT molecular complexity index is 413. The third-order valence-electron chi connectivity index (χ3n) is 4.59. The van der Waals surface area contributed by atoms with Crippen molar-refractivity contribution in [3.05, 3.63) is 22.8 Å². The highest BCUT2D eigenvalue weighted by molar-refractivity contribution is 6.01. The third-order valence-corrected chi connectivity index (χ3v) is 4.59. The Balaban J connectivity index is 2.50. The van der Waals surface area contributed by atoms with Crippen LogP contribution < -0.4 is 0 Å². The summed E-state index contributed by atoms with van der Waals surface area (Å²) in [5, 5.41) is 10.4. The van der Waals surface area contributed by atoms with Crippen molar-refractivity contribution in [2.24, 2.45) is 11.3 Å². The highest BCUT2D eigenvalue weighted by Gasteiger charge is 2.50. The van der Waals surface area contributed by atoms with E-state index in [2.05, 4.69) is 13.0 Å². The summed E-state index contributed by atoms with van der Waals surface area (Å²) in [6.07, 6.45) is 4.19. The molecule has 94 valence electrons. The van der Waals surface area contributed by atoms with Crippen LogP contribution >= 0.6 is 0 Å². The standard InChI is InChI=1S/C15H22O2/c1-9(2)11-8-12(16)15(4)7-5-6-10(3)13(15)14(11)17/h6,12-13,16H,5,7-8H2,1-4H3/t12-,13-,15+/m0/s1. The van der Waals surface area contributed by atoms with E-state index in [1.165, 1.54) is 0 Å². The van der Waals surface area contributed by atoms with Gasteiger partial charge in [0.15, 0.2) is 5.78 Å². The lowest BCUT2D eigenvalue weighted by atomic mass is 9.57.